The van der Waals surface area contributed by atoms with Crippen LogP contribution < -0.4 is 5.32 Å². The lowest BCUT2D eigenvalue weighted by Crippen LogP contribution is -2.70. The lowest BCUT2D eigenvalue weighted by atomic mass is 9.33. The van der Waals surface area contributed by atoms with Gasteiger partial charge in [0.1, 0.15) is 170 Å². The van der Waals surface area contributed by atoms with Crippen molar-refractivity contribution in [3.63, 3.8) is 0 Å². The molecule has 4 saturated carbocycles. The molecular weight excluding hydrogens is 1750 g/mol. The Bertz CT molecular complexity index is 3940. The van der Waals surface area contributed by atoms with Gasteiger partial charge >= 0.3 is 11.9 Å². The van der Waals surface area contributed by atoms with E-state index in [9.17, 15) is 127 Å². The highest BCUT2D eigenvalue weighted by molar-refractivity contribution is 5.89. The van der Waals surface area contributed by atoms with Crippen LogP contribution in [-0.2, 0) is 94.9 Å². The van der Waals surface area contributed by atoms with Gasteiger partial charge in [-0.15, -0.1) is 6.58 Å². The Kier molecular flexibility index (Phi) is 32.5. The van der Waals surface area contributed by atoms with E-state index in [1.807, 2.05) is 0 Å². The minimum atomic E-state index is -2.28. The predicted molar refractivity (Wildman–Crippen MR) is 436 cm³/mol. The van der Waals surface area contributed by atoms with Crippen LogP contribution in [-0.4, -0.2) is 433 Å². The highest BCUT2D eigenvalue weighted by Crippen LogP contribution is 2.76. The van der Waals surface area contributed by atoms with Crippen molar-refractivity contribution in [1.29, 1.82) is 0 Å². The summed E-state index contributed by atoms with van der Waals surface area (Å²) in [6, 6.07) is -1.36. The third kappa shape index (κ3) is 19.6. The average Bonchev–Trinajstić information content (AvgIpc) is 0.882. The zero-order chi connectivity index (χ0) is 96.1. The molecule has 0 unspecified atom stereocenters. The van der Waals surface area contributed by atoms with Gasteiger partial charge in [-0.3, -0.25) is 9.59 Å². The highest BCUT2D eigenvalue weighted by atomic mass is 16.8. The number of aliphatic hydroxyl groups is 23. The Labute approximate surface area is 756 Å². The fourth-order valence-electron chi connectivity index (χ4n) is 23.2. The number of ether oxygens (including phenoxy) is 17. The third-order valence-electron chi connectivity index (χ3n) is 31.5. The molecule has 1 amide bonds. The maximum absolute atomic E-state index is 16.7. The molecule has 8 saturated heterocycles. The quantitative estimate of drug-likeness (QED) is 0.0150. The average molecular weight is 1890 g/mol. The lowest BCUT2D eigenvalue weighted by molar-refractivity contribution is -0.390. The van der Waals surface area contributed by atoms with Crippen LogP contribution in [0.3, 0.4) is 0 Å². The maximum atomic E-state index is 16.7. The van der Waals surface area contributed by atoms with Crippen LogP contribution in [0.2, 0.25) is 0 Å². The van der Waals surface area contributed by atoms with Gasteiger partial charge in [-0.2, -0.15) is 0 Å². The summed E-state index contributed by atoms with van der Waals surface area (Å²) in [6.45, 7) is 18.5. The summed E-state index contributed by atoms with van der Waals surface area (Å²) in [5, 5.41) is 258. The van der Waals surface area contributed by atoms with E-state index in [1.54, 1.807) is 20.8 Å². The Hall–Kier alpha value is -3.89. The molecule has 0 aromatic heterocycles. The molecule has 13 rings (SSSR count). The summed E-state index contributed by atoms with van der Waals surface area (Å²) >= 11 is 0. The van der Waals surface area contributed by atoms with E-state index in [2.05, 4.69) is 52.6 Å². The van der Waals surface area contributed by atoms with Gasteiger partial charge in [0.05, 0.1) is 81.8 Å². The van der Waals surface area contributed by atoms with E-state index < -0.39 is 360 Å². The van der Waals surface area contributed by atoms with Crippen molar-refractivity contribution in [2.24, 2.45) is 50.2 Å². The SMILES string of the molecule is C=C[C@@](C)(CC/C=C(\CO)C(=O)O[C@@H]1C[C@@]2(C(=O)O[C@@H]3O[C@H](CO)[C@H](O)[C@@H](O)[C@H]3O[C@@H]3O[C@@H](C)[C@@H](O[C@H]4O[C@H](CO)[C@H](O)[C@H]4O)[C@H](O[C@@H]4O[C@@H](CO)[C@H](O)[C@@H](O)[C@H]4O)[C@H]3O)[C@H](CC1(C)C)C1=CC[C@H]3[C@]4(C)CC[C@@H](O[C@@H]5O[C@H](CO[C@@H]6OC[C@H](O)[C@@H](O)[C@@H]6O[C@@H]6OC[C@H](O)[C@H](O)[C@@H]6O)[C@@H](O)[C@@H](O)[C@H]5NC(C)=O)C(C)(C)[C@H]4CC[C@@]3(C)[C@@]1(C)C[C@@H]2O)O[C@H]1O[C@@H](C)[C@@H](O)[C@H](O)[C@H]1O. The van der Waals surface area contributed by atoms with Crippen molar-refractivity contribution in [2.45, 2.75) is 392 Å². The van der Waals surface area contributed by atoms with E-state index >= 15 is 4.79 Å². The summed E-state index contributed by atoms with van der Waals surface area (Å²) in [6.07, 6.45) is -60.5. The van der Waals surface area contributed by atoms with Gasteiger partial charge in [0.25, 0.3) is 0 Å². The molecule has 44 nitrogen and oxygen atoms in total. The van der Waals surface area contributed by atoms with E-state index in [-0.39, 0.29) is 43.1 Å². The number of hydrogen-bond acceptors (Lipinski definition) is 43. The first-order valence-electron chi connectivity index (χ1n) is 45.3. The van der Waals surface area contributed by atoms with Crippen LogP contribution in [0.1, 0.15) is 140 Å². The van der Waals surface area contributed by atoms with E-state index in [1.165, 1.54) is 32.9 Å². The molecule has 0 spiro atoms. The molecule has 12 fully saturated rings. The third-order valence-corrected chi connectivity index (χ3v) is 31.5. The standard InChI is InChI=1S/C87H139NO43/c1-13-83(9,131-77-65(111)59(105)51(97)33(2)118-77)20-14-15-36(26-89)71(113)124-49-25-87(80(114)130-79-70(61(107)55(101)42(28-91)122-79)129-76-66(112)68(127-75-64(110)60(106)54(100)41(27-90)120-75)67(34(3)119-76)126-74-63(109)56(102)43(29-92)121-74)38(23-81(49,5)6)37-16-17-46-84(10)21-19-48(82(7,8)45(84)18-22-85(46,11)86(37,12)24-47(87)96)125-72-50(88-35(4)93)58(104)57(103)44(123-72)32-117-78-69(53(99)40(95)31-116-78)128-73-62(108)52(98)39(94)30-115-73/h13,15-16,33-34,38-70,72-79,89-92,94-112H,1,14,17-32H2,2-12H3,(H,88,93)/b36-15+/t33-,34-,38+,39-,40-,41-,42+,43+,44+,45+,46-,47-,48+,49+,50+,51+,52-,53+,54-,55-,56-,57+,58-,59-,60+,61+,62-,63+,64+,65+,66+,67+,68+,69-,70+,72-,73-,74+,75-,76-,77+,78-,79-,83-,84+,85+,86-,87+/m0/s1. The zero-order valence-electron chi connectivity index (χ0n) is 75.2. The molecule has 0 radical (unpaired) electrons. The highest BCUT2D eigenvalue weighted by Gasteiger charge is 2.74. The largest absolute Gasteiger partial charge is 0.458 e. The number of nitrogens with one attached hydrogen (secondary N) is 1. The van der Waals surface area contributed by atoms with Gasteiger partial charge in [0.15, 0.2) is 50.1 Å². The number of hydrogen-bond donors (Lipinski definition) is 24. The van der Waals surface area contributed by atoms with E-state index in [4.69, 9.17) is 80.5 Å². The Morgan fingerprint density at radius 1 is 0.511 bits per heavy atom. The van der Waals surface area contributed by atoms with Crippen molar-refractivity contribution in [1.82, 2.24) is 5.32 Å². The number of rotatable bonds is 28. The van der Waals surface area contributed by atoms with Crippen LogP contribution in [0.25, 0.3) is 0 Å². The molecular formula is C87H139NO43. The van der Waals surface area contributed by atoms with Crippen LogP contribution >= 0.6 is 0 Å². The summed E-state index contributed by atoms with van der Waals surface area (Å²) in [5.41, 5.74) is -7.28. The fraction of sp³-hybridized carbons (Fsp3) is 0.897. The number of fused-ring (bicyclic) bond motifs is 7. The molecule has 44 heteroatoms. The minimum Gasteiger partial charge on any atom is -0.458 e. The van der Waals surface area contributed by atoms with Crippen molar-refractivity contribution in [3.05, 3.63) is 36.0 Å². The number of allylic oxidation sites excluding steroid dienone is 3. The monoisotopic (exact) mass is 1890 g/mol. The first-order chi connectivity index (χ1) is 61.5. The Morgan fingerprint density at radius 3 is 1.66 bits per heavy atom. The molecule has 8 heterocycles. The first-order valence-corrected chi connectivity index (χ1v) is 45.3. The smallest absolute Gasteiger partial charge is 0.336 e. The van der Waals surface area contributed by atoms with Crippen molar-refractivity contribution in [2.75, 3.05) is 46.2 Å². The number of carbonyl (C=O) groups is 3. The minimum absolute atomic E-state index is 0.0180. The Morgan fingerprint density at radius 2 is 1.04 bits per heavy atom. The molecule has 8 aliphatic heterocycles. The van der Waals surface area contributed by atoms with Gasteiger partial charge in [0.2, 0.25) is 12.2 Å². The van der Waals surface area contributed by atoms with Gasteiger partial charge in [0, 0.05) is 18.8 Å². The molecule has 24 N–H and O–H groups in total. The van der Waals surface area contributed by atoms with Gasteiger partial charge in [-0.25, -0.2) is 4.79 Å². The summed E-state index contributed by atoms with van der Waals surface area (Å²) in [7, 11) is 0. The van der Waals surface area contributed by atoms with Gasteiger partial charge in [-0.1, -0.05) is 72.3 Å². The second-order valence-corrected chi connectivity index (χ2v) is 40.3. The number of aliphatic hydroxyl groups excluding tert-OH is 23. The van der Waals surface area contributed by atoms with E-state index in [0.717, 1.165) is 5.57 Å². The summed E-state index contributed by atoms with van der Waals surface area (Å²) < 4.78 is 104. The van der Waals surface area contributed by atoms with Crippen LogP contribution in [0.4, 0.5) is 0 Å². The van der Waals surface area contributed by atoms with Crippen LogP contribution in [0.5, 0.6) is 0 Å². The molecule has 48 atom stereocenters. The first kappa shape index (κ1) is 104. The molecule has 0 aromatic rings. The normalized spacial score (nSPS) is 50.4. The topological polar surface area (TPSA) is 685 Å². The predicted octanol–water partition coefficient (Wildman–Crippen LogP) is -7.49. The van der Waals surface area contributed by atoms with Gasteiger partial charge < -0.3 is 203 Å². The second-order valence-electron chi connectivity index (χ2n) is 40.3. The molecule has 0 bridgehead atoms. The van der Waals surface area contributed by atoms with Crippen LogP contribution in [0, 0.1) is 50.2 Å². The molecule has 750 valence electrons. The van der Waals surface area contributed by atoms with Gasteiger partial charge in [-0.05, 0) is 118 Å². The molecule has 5 aliphatic carbocycles. The van der Waals surface area contributed by atoms with Crippen molar-refractivity contribution in [3.8, 4) is 0 Å². The fourth-order valence-corrected chi connectivity index (χ4v) is 23.2. The van der Waals surface area contributed by atoms with E-state index in [0.29, 0.717) is 32.1 Å². The number of esters is 2. The summed E-state index contributed by atoms with van der Waals surface area (Å²) in [4.78, 5) is 44.7. The molecule has 0 aromatic carbocycles. The maximum Gasteiger partial charge on any atom is 0.336 e. The summed E-state index contributed by atoms with van der Waals surface area (Å²) in [5.74, 6) is -4.29. The number of carbonyl (C=O) groups excluding carboxylic acids is 3. The van der Waals surface area contributed by atoms with Crippen molar-refractivity contribution < 1.29 is 212 Å². The Balaban J connectivity index is 0.798. The van der Waals surface area contributed by atoms with Crippen molar-refractivity contribution >= 4 is 17.8 Å². The van der Waals surface area contributed by atoms with Crippen LogP contribution in [0.15, 0.2) is 36.0 Å². The molecule has 13 aliphatic rings. The second kappa shape index (κ2) is 40.7. The number of amides is 1. The lowest BCUT2D eigenvalue weighted by Gasteiger charge is -2.72. The molecule has 131 heavy (non-hydrogen) atoms. The zero-order valence-corrected chi connectivity index (χ0v) is 75.2.